The van der Waals surface area contributed by atoms with Gasteiger partial charge < -0.3 is 16.2 Å². The van der Waals surface area contributed by atoms with Crippen LogP contribution in [0.25, 0.3) is 0 Å². The number of rotatable bonds is 4. The van der Waals surface area contributed by atoms with Gasteiger partial charge in [0.2, 0.25) is 0 Å². The van der Waals surface area contributed by atoms with E-state index in [4.69, 9.17) is 10.8 Å². The monoisotopic (exact) mass is 237 g/mol. The first-order valence-electron chi connectivity index (χ1n) is 5.94. The number of anilines is 2. The number of nitrogen functional groups attached to an aromatic ring is 1. The summed E-state index contributed by atoms with van der Waals surface area (Å²) in [7, 11) is 0. The van der Waals surface area contributed by atoms with E-state index in [2.05, 4.69) is 31.1 Å². The van der Waals surface area contributed by atoms with Crippen molar-refractivity contribution in [3.05, 3.63) is 17.8 Å². The van der Waals surface area contributed by atoms with Crippen molar-refractivity contribution in [2.45, 2.75) is 40.2 Å². The molecule has 0 saturated carbocycles. The molecule has 0 bridgehead atoms. The third-order valence-corrected chi connectivity index (χ3v) is 2.83. The smallest absolute Gasteiger partial charge is 0.149 e. The normalized spacial score (nSPS) is 13.5. The molecule has 1 aromatic heterocycles. The van der Waals surface area contributed by atoms with Crippen LogP contribution >= 0.6 is 0 Å². The lowest BCUT2D eigenvalue weighted by Crippen LogP contribution is -2.35. The van der Waals surface area contributed by atoms with Crippen molar-refractivity contribution in [2.24, 2.45) is 5.41 Å². The molecule has 1 unspecified atom stereocenters. The molecular formula is C13H23N3O. The number of hydrogen-bond donors (Lipinski definition) is 3. The van der Waals surface area contributed by atoms with Crippen LogP contribution in [-0.4, -0.2) is 22.7 Å². The van der Waals surface area contributed by atoms with Crippen LogP contribution in [-0.2, 0) is 0 Å². The van der Waals surface area contributed by atoms with E-state index in [-0.39, 0.29) is 18.1 Å². The van der Waals surface area contributed by atoms with Gasteiger partial charge in [-0.05, 0) is 30.4 Å². The van der Waals surface area contributed by atoms with Crippen LogP contribution in [0.4, 0.5) is 11.5 Å². The molecule has 0 spiro atoms. The minimum absolute atomic E-state index is 0.0434. The van der Waals surface area contributed by atoms with E-state index in [0.29, 0.717) is 17.9 Å². The Labute approximate surface area is 103 Å². The number of aryl methyl sites for hydroxylation is 1. The molecule has 1 atom stereocenters. The van der Waals surface area contributed by atoms with Crippen LogP contribution in [0, 0.1) is 12.3 Å². The Morgan fingerprint density at radius 3 is 2.59 bits per heavy atom. The van der Waals surface area contributed by atoms with E-state index in [1.54, 1.807) is 6.20 Å². The van der Waals surface area contributed by atoms with E-state index in [1.807, 2.05) is 13.0 Å². The second-order valence-corrected chi connectivity index (χ2v) is 5.53. The van der Waals surface area contributed by atoms with E-state index in [1.165, 1.54) is 0 Å². The third-order valence-electron chi connectivity index (χ3n) is 2.83. The van der Waals surface area contributed by atoms with Crippen LogP contribution in [0.2, 0.25) is 0 Å². The number of nitrogens with two attached hydrogens (primary N) is 1. The minimum atomic E-state index is 0.0434. The summed E-state index contributed by atoms with van der Waals surface area (Å²) in [5.74, 6) is 0.698. The van der Waals surface area contributed by atoms with Crippen molar-refractivity contribution in [1.82, 2.24) is 4.98 Å². The van der Waals surface area contributed by atoms with Crippen molar-refractivity contribution < 1.29 is 5.11 Å². The molecule has 0 aliphatic heterocycles. The molecule has 0 radical (unpaired) electrons. The average molecular weight is 237 g/mol. The van der Waals surface area contributed by atoms with Gasteiger partial charge in [-0.15, -0.1) is 0 Å². The zero-order valence-corrected chi connectivity index (χ0v) is 11.1. The molecule has 96 valence electrons. The van der Waals surface area contributed by atoms with Gasteiger partial charge in [-0.2, -0.15) is 0 Å². The van der Waals surface area contributed by atoms with E-state index >= 15 is 0 Å². The predicted octanol–water partition coefficient (Wildman–Crippen LogP) is 2.18. The summed E-state index contributed by atoms with van der Waals surface area (Å²) in [6.45, 7) is 8.50. The van der Waals surface area contributed by atoms with Crippen molar-refractivity contribution in [2.75, 3.05) is 17.7 Å². The molecule has 1 aromatic rings. The highest BCUT2D eigenvalue weighted by molar-refractivity contribution is 5.62. The van der Waals surface area contributed by atoms with Crippen LogP contribution in [0.3, 0.4) is 0 Å². The van der Waals surface area contributed by atoms with Gasteiger partial charge in [0.15, 0.2) is 0 Å². The summed E-state index contributed by atoms with van der Waals surface area (Å²) < 4.78 is 0. The molecule has 17 heavy (non-hydrogen) atoms. The van der Waals surface area contributed by atoms with Gasteiger partial charge in [0.05, 0.1) is 5.69 Å². The standard InChI is InChI=1S/C13H23N3O/c1-9-7-10(14)12(15-8-9)16-11(5-6-17)13(2,3)4/h7-8,11,17H,5-6,14H2,1-4H3,(H,15,16). The molecule has 0 fully saturated rings. The maximum Gasteiger partial charge on any atom is 0.149 e. The zero-order valence-electron chi connectivity index (χ0n) is 11.1. The first-order chi connectivity index (χ1) is 7.84. The lowest BCUT2D eigenvalue weighted by molar-refractivity contribution is 0.235. The van der Waals surface area contributed by atoms with Gasteiger partial charge in [-0.1, -0.05) is 20.8 Å². The van der Waals surface area contributed by atoms with E-state index in [0.717, 1.165) is 5.56 Å². The molecule has 4 heteroatoms. The Bertz CT molecular complexity index is 371. The van der Waals surface area contributed by atoms with E-state index in [9.17, 15) is 0 Å². The van der Waals surface area contributed by atoms with Crippen molar-refractivity contribution in [1.29, 1.82) is 0 Å². The summed E-state index contributed by atoms with van der Waals surface area (Å²) in [5, 5.41) is 12.4. The van der Waals surface area contributed by atoms with Gasteiger partial charge in [-0.25, -0.2) is 4.98 Å². The second-order valence-electron chi connectivity index (χ2n) is 5.53. The molecular weight excluding hydrogens is 214 g/mol. The van der Waals surface area contributed by atoms with Crippen LogP contribution in [0.15, 0.2) is 12.3 Å². The largest absolute Gasteiger partial charge is 0.396 e. The van der Waals surface area contributed by atoms with Crippen molar-refractivity contribution >= 4 is 11.5 Å². The third kappa shape index (κ3) is 3.89. The number of pyridine rings is 1. The lowest BCUT2D eigenvalue weighted by atomic mass is 9.85. The van der Waals surface area contributed by atoms with Gasteiger partial charge in [0, 0.05) is 18.8 Å². The summed E-state index contributed by atoms with van der Waals surface area (Å²) in [6.07, 6.45) is 2.47. The molecule has 0 aliphatic carbocycles. The average Bonchev–Trinajstić information content (AvgIpc) is 2.19. The van der Waals surface area contributed by atoms with Crippen LogP contribution in [0.5, 0.6) is 0 Å². The number of aliphatic hydroxyl groups excluding tert-OH is 1. The Kier molecular flexibility index (Phi) is 4.34. The van der Waals surface area contributed by atoms with Crippen LogP contribution in [0.1, 0.15) is 32.8 Å². The van der Waals surface area contributed by atoms with Gasteiger partial charge in [0.1, 0.15) is 5.82 Å². The highest BCUT2D eigenvalue weighted by Gasteiger charge is 2.24. The fourth-order valence-corrected chi connectivity index (χ4v) is 1.73. The number of nitrogens with zero attached hydrogens (tertiary/aromatic N) is 1. The molecule has 4 nitrogen and oxygen atoms in total. The van der Waals surface area contributed by atoms with Gasteiger partial charge >= 0.3 is 0 Å². The highest BCUT2D eigenvalue weighted by Crippen LogP contribution is 2.27. The molecule has 4 N–H and O–H groups in total. The Morgan fingerprint density at radius 2 is 2.12 bits per heavy atom. The highest BCUT2D eigenvalue weighted by atomic mass is 16.3. The Morgan fingerprint density at radius 1 is 1.47 bits per heavy atom. The molecule has 1 rings (SSSR count). The SMILES string of the molecule is Cc1cnc(NC(CCO)C(C)(C)C)c(N)c1. The zero-order chi connectivity index (χ0) is 13.1. The van der Waals surface area contributed by atoms with Crippen molar-refractivity contribution in [3.63, 3.8) is 0 Å². The maximum atomic E-state index is 9.10. The Hall–Kier alpha value is -1.29. The van der Waals surface area contributed by atoms with Gasteiger partial charge in [0.25, 0.3) is 0 Å². The molecule has 0 saturated heterocycles. The van der Waals surface area contributed by atoms with E-state index < -0.39 is 0 Å². The number of nitrogens with one attached hydrogen (secondary N) is 1. The summed E-state index contributed by atoms with van der Waals surface area (Å²) in [6, 6.07) is 2.04. The summed E-state index contributed by atoms with van der Waals surface area (Å²) >= 11 is 0. The molecule has 0 amide bonds. The minimum Gasteiger partial charge on any atom is -0.396 e. The lowest BCUT2D eigenvalue weighted by Gasteiger charge is -2.31. The second kappa shape index (κ2) is 5.36. The maximum absolute atomic E-state index is 9.10. The fourth-order valence-electron chi connectivity index (χ4n) is 1.73. The molecule has 0 aromatic carbocycles. The number of aromatic nitrogens is 1. The van der Waals surface area contributed by atoms with Gasteiger partial charge in [-0.3, -0.25) is 0 Å². The topological polar surface area (TPSA) is 71.2 Å². The summed E-state index contributed by atoms with van der Waals surface area (Å²) in [4.78, 5) is 4.30. The first kappa shape index (κ1) is 13.8. The first-order valence-corrected chi connectivity index (χ1v) is 5.94. The number of hydrogen-bond acceptors (Lipinski definition) is 4. The molecule has 0 aliphatic rings. The van der Waals surface area contributed by atoms with Crippen molar-refractivity contribution in [3.8, 4) is 0 Å². The molecule has 1 heterocycles. The van der Waals surface area contributed by atoms with Crippen LogP contribution < -0.4 is 11.1 Å². The fraction of sp³-hybridized carbons (Fsp3) is 0.615. The number of aliphatic hydroxyl groups is 1. The summed E-state index contributed by atoms with van der Waals surface area (Å²) in [5.41, 5.74) is 7.66. The Balaban J connectivity index is 2.86. The quantitative estimate of drug-likeness (QED) is 0.750. The predicted molar refractivity (Wildman–Crippen MR) is 72.0 cm³/mol.